The molecule has 0 spiro atoms. The van der Waals surface area contributed by atoms with Gasteiger partial charge in [-0.15, -0.1) is 0 Å². The summed E-state index contributed by atoms with van der Waals surface area (Å²) in [6.45, 7) is 5.56. The molecule has 1 amide bonds. The van der Waals surface area contributed by atoms with Crippen molar-refractivity contribution in [2.45, 2.75) is 26.4 Å². The molecule has 0 heterocycles. The maximum Gasteiger partial charge on any atom is 0.326 e. The van der Waals surface area contributed by atoms with E-state index >= 15 is 0 Å². The van der Waals surface area contributed by atoms with Gasteiger partial charge in [-0.25, -0.2) is 0 Å². The summed E-state index contributed by atoms with van der Waals surface area (Å²) in [7, 11) is 3.64. The number of ether oxygens (including phenoxy) is 1. The lowest BCUT2D eigenvalue weighted by Crippen LogP contribution is -2.42. The normalized spacial score (nSPS) is 11.3. The molecule has 1 aromatic carbocycles. The summed E-state index contributed by atoms with van der Waals surface area (Å²) in [5.74, 6) is -1.21. The Morgan fingerprint density at radius 3 is 2.35 bits per heavy atom. The summed E-state index contributed by atoms with van der Waals surface area (Å²) < 4.78 is 5.26. The smallest absolute Gasteiger partial charge is 0.326 e. The van der Waals surface area contributed by atoms with E-state index in [1.54, 1.807) is 20.8 Å². The van der Waals surface area contributed by atoms with Crippen molar-refractivity contribution in [2.24, 2.45) is 0 Å². The predicted octanol–water partition coefficient (Wildman–Crippen LogP) is 2.59. The second kappa shape index (κ2) is 8.95. The van der Waals surface area contributed by atoms with Crippen LogP contribution in [0, 0.1) is 10.1 Å². The number of benzene rings is 1. The van der Waals surface area contributed by atoms with E-state index in [1.165, 1.54) is 17.0 Å². The molecule has 144 valence electrons. The number of rotatable bonds is 7. The molecule has 0 aliphatic carbocycles. The number of esters is 1. The molecule has 0 saturated carbocycles. The van der Waals surface area contributed by atoms with Gasteiger partial charge in [-0.2, -0.15) is 0 Å². The quantitative estimate of drug-likeness (QED) is 0.407. The van der Waals surface area contributed by atoms with E-state index < -0.39 is 28.1 Å². The van der Waals surface area contributed by atoms with E-state index in [0.29, 0.717) is 6.54 Å². The Labute approximate surface area is 157 Å². The van der Waals surface area contributed by atoms with Gasteiger partial charge in [0.2, 0.25) is 0 Å². The van der Waals surface area contributed by atoms with Gasteiger partial charge >= 0.3 is 5.97 Å². The van der Waals surface area contributed by atoms with Crippen LogP contribution in [0.2, 0.25) is 5.02 Å². The molecule has 1 aromatic rings. The zero-order chi connectivity index (χ0) is 20.1. The fraction of sp³-hybridized carbons (Fsp3) is 0.529. The lowest BCUT2D eigenvalue weighted by atomic mass is 10.1. The number of hydrogen-bond acceptors (Lipinski definition) is 6. The van der Waals surface area contributed by atoms with E-state index in [1.807, 2.05) is 19.0 Å². The predicted molar refractivity (Wildman–Crippen MR) is 98.4 cm³/mol. The van der Waals surface area contributed by atoms with Gasteiger partial charge in [0.1, 0.15) is 17.7 Å². The average Bonchev–Trinajstić information content (AvgIpc) is 2.48. The highest BCUT2D eigenvalue weighted by Crippen LogP contribution is 2.24. The Kier molecular flexibility index (Phi) is 7.53. The van der Waals surface area contributed by atoms with E-state index in [4.69, 9.17) is 16.3 Å². The van der Waals surface area contributed by atoms with Gasteiger partial charge in [0.25, 0.3) is 11.6 Å². The molecule has 0 radical (unpaired) electrons. The molecule has 26 heavy (non-hydrogen) atoms. The fourth-order valence-corrected chi connectivity index (χ4v) is 2.28. The summed E-state index contributed by atoms with van der Waals surface area (Å²) in [5, 5.41) is 11.4. The van der Waals surface area contributed by atoms with Crippen LogP contribution < -0.4 is 0 Å². The first-order valence-corrected chi connectivity index (χ1v) is 8.38. The van der Waals surface area contributed by atoms with Crippen LogP contribution >= 0.6 is 11.6 Å². The number of hydrogen-bond donors (Lipinski definition) is 0. The van der Waals surface area contributed by atoms with Crippen molar-refractivity contribution in [2.75, 3.05) is 33.7 Å². The maximum absolute atomic E-state index is 12.8. The van der Waals surface area contributed by atoms with Gasteiger partial charge in [-0.05, 0) is 47.0 Å². The van der Waals surface area contributed by atoms with Crippen LogP contribution in [0.15, 0.2) is 18.2 Å². The van der Waals surface area contributed by atoms with Gasteiger partial charge < -0.3 is 14.5 Å². The molecular formula is C17H24ClN3O5. The van der Waals surface area contributed by atoms with Crippen molar-refractivity contribution >= 4 is 29.2 Å². The summed E-state index contributed by atoms with van der Waals surface area (Å²) in [4.78, 5) is 38.6. The number of carbonyl (C=O) groups is 2. The maximum atomic E-state index is 12.8. The van der Waals surface area contributed by atoms with E-state index in [2.05, 4.69) is 0 Å². The number of carbonyl (C=O) groups excluding carboxylic acids is 2. The Bertz CT molecular complexity index is 685. The third-order valence-electron chi connectivity index (χ3n) is 3.23. The highest BCUT2D eigenvalue weighted by molar-refractivity contribution is 6.31. The van der Waals surface area contributed by atoms with Crippen LogP contribution in [0.25, 0.3) is 0 Å². The van der Waals surface area contributed by atoms with Crippen molar-refractivity contribution in [1.29, 1.82) is 0 Å². The minimum Gasteiger partial charge on any atom is -0.459 e. The molecule has 0 bridgehead atoms. The molecule has 1 rings (SSSR count). The SMILES string of the molecule is CN(C)CCN(CC(=O)OC(C)(C)C)C(=O)c1ccc(Cl)cc1[N+](=O)[O-]. The lowest BCUT2D eigenvalue weighted by Gasteiger charge is -2.26. The summed E-state index contributed by atoms with van der Waals surface area (Å²) >= 11 is 5.79. The Morgan fingerprint density at radius 2 is 1.85 bits per heavy atom. The van der Waals surface area contributed by atoms with Crippen LogP contribution in [0.5, 0.6) is 0 Å². The molecular weight excluding hydrogens is 362 g/mol. The zero-order valence-electron chi connectivity index (χ0n) is 15.6. The van der Waals surface area contributed by atoms with Crippen molar-refractivity contribution < 1.29 is 19.2 Å². The lowest BCUT2D eigenvalue weighted by molar-refractivity contribution is -0.385. The van der Waals surface area contributed by atoms with Gasteiger partial charge in [-0.1, -0.05) is 11.6 Å². The molecule has 0 atom stereocenters. The Morgan fingerprint density at radius 1 is 1.23 bits per heavy atom. The van der Waals surface area contributed by atoms with Gasteiger partial charge in [-0.3, -0.25) is 19.7 Å². The first-order valence-electron chi connectivity index (χ1n) is 8.00. The third-order valence-corrected chi connectivity index (χ3v) is 3.47. The molecule has 0 fully saturated rings. The van der Waals surface area contributed by atoms with Crippen molar-refractivity contribution in [3.63, 3.8) is 0 Å². The number of nitro benzene ring substituents is 1. The molecule has 0 N–H and O–H groups in total. The molecule has 0 aliphatic rings. The molecule has 9 heteroatoms. The minimum absolute atomic E-state index is 0.123. The number of amides is 1. The first-order chi connectivity index (χ1) is 11.9. The van der Waals surface area contributed by atoms with Crippen LogP contribution in [-0.4, -0.2) is 65.9 Å². The Balaban J connectivity index is 3.12. The standard InChI is InChI=1S/C17H24ClN3O5/c1-17(2,3)26-15(22)11-20(9-8-19(4)5)16(23)13-7-6-12(18)10-14(13)21(24)25/h6-7,10H,8-9,11H2,1-5H3. The van der Waals surface area contributed by atoms with Gasteiger partial charge in [0.05, 0.1) is 4.92 Å². The summed E-state index contributed by atoms with van der Waals surface area (Å²) in [5.41, 5.74) is -1.22. The van der Waals surface area contributed by atoms with Gasteiger partial charge in [0.15, 0.2) is 0 Å². The van der Waals surface area contributed by atoms with Crippen LogP contribution in [0.3, 0.4) is 0 Å². The van der Waals surface area contributed by atoms with E-state index in [9.17, 15) is 19.7 Å². The summed E-state index contributed by atoms with van der Waals surface area (Å²) in [6.07, 6.45) is 0. The zero-order valence-corrected chi connectivity index (χ0v) is 16.4. The average molecular weight is 386 g/mol. The topological polar surface area (TPSA) is 93.0 Å². The highest BCUT2D eigenvalue weighted by Gasteiger charge is 2.28. The van der Waals surface area contributed by atoms with E-state index in [0.717, 1.165) is 6.07 Å². The number of nitrogens with zero attached hydrogens (tertiary/aromatic N) is 3. The molecule has 8 nitrogen and oxygen atoms in total. The number of likely N-dealkylation sites (N-methyl/N-ethyl adjacent to an activating group) is 1. The van der Waals surface area contributed by atoms with Gasteiger partial charge in [0, 0.05) is 24.2 Å². The van der Waals surface area contributed by atoms with Crippen molar-refractivity contribution in [3.05, 3.63) is 38.9 Å². The largest absolute Gasteiger partial charge is 0.459 e. The van der Waals surface area contributed by atoms with E-state index in [-0.39, 0.29) is 23.7 Å². The Hall–Kier alpha value is -2.19. The second-order valence-electron chi connectivity index (χ2n) is 7.04. The first kappa shape index (κ1) is 21.9. The minimum atomic E-state index is -0.695. The van der Waals surface area contributed by atoms with Crippen molar-refractivity contribution in [3.8, 4) is 0 Å². The van der Waals surface area contributed by atoms with Crippen molar-refractivity contribution in [1.82, 2.24) is 9.80 Å². The number of nitro groups is 1. The highest BCUT2D eigenvalue weighted by atomic mass is 35.5. The number of halogens is 1. The van der Waals surface area contributed by atoms with Crippen LogP contribution in [-0.2, 0) is 9.53 Å². The third kappa shape index (κ3) is 6.97. The monoisotopic (exact) mass is 385 g/mol. The summed E-state index contributed by atoms with van der Waals surface area (Å²) in [6, 6.07) is 3.81. The van der Waals surface area contributed by atoms with Crippen LogP contribution in [0.4, 0.5) is 5.69 Å². The molecule has 0 aromatic heterocycles. The second-order valence-corrected chi connectivity index (χ2v) is 7.47. The van der Waals surface area contributed by atoms with Crippen LogP contribution in [0.1, 0.15) is 31.1 Å². The molecule has 0 unspecified atom stereocenters. The molecule has 0 saturated heterocycles. The molecule has 0 aliphatic heterocycles. The fourth-order valence-electron chi connectivity index (χ4n) is 2.11.